The zero-order chi connectivity index (χ0) is 6.62. The van der Waals surface area contributed by atoms with Crippen molar-refractivity contribution in [1.82, 2.24) is 0 Å². The molecule has 0 atom stereocenters. The van der Waals surface area contributed by atoms with Crippen molar-refractivity contribution in [2.45, 2.75) is 13.3 Å². The lowest BCUT2D eigenvalue weighted by atomic mass is 9.93. The summed E-state index contributed by atoms with van der Waals surface area (Å²) in [5, 5.41) is 0. The Hall–Kier alpha value is 0.580. The molecule has 0 saturated carbocycles. The normalized spacial score (nSPS) is 12.0. The van der Waals surface area contributed by atoms with Crippen LogP contribution in [0.1, 0.15) is 13.3 Å². The smallest absolute Gasteiger partial charge is 0.0288 e. The molecule has 0 aliphatic heterocycles. The van der Waals surface area contributed by atoms with Crippen molar-refractivity contribution in [3.8, 4) is 0 Å². The summed E-state index contributed by atoms with van der Waals surface area (Å²) in [6.45, 7) is 5.76. The first-order valence-electron chi connectivity index (χ1n) is 2.60. The van der Waals surface area contributed by atoms with Crippen molar-refractivity contribution < 1.29 is 0 Å². The van der Waals surface area contributed by atoms with Crippen molar-refractivity contribution in [2.24, 2.45) is 5.41 Å². The lowest BCUT2D eigenvalue weighted by molar-refractivity contribution is 0.433. The largest absolute Gasteiger partial charge is 0.126 e. The lowest BCUT2D eigenvalue weighted by Gasteiger charge is -2.20. The van der Waals surface area contributed by atoms with Gasteiger partial charge < -0.3 is 0 Å². The molecule has 0 aromatic heterocycles. The Morgan fingerprint density at radius 3 is 1.75 bits per heavy atom. The number of alkyl halides is 2. The van der Waals surface area contributed by atoms with E-state index in [0.717, 1.165) is 6.42 Å². The predicted molar refractivity (Wildman–Crippen MR) is 39.5 cm³/mol. The Morgan fingerprint density at radius 1 is 1.38 bits per heavy atom. The van der Waals surface area contributed by atoms with Crippen LogP contribution in [0.5, 0.6) is 0 Å². The van der Waals surface area contributed by atoms with E-state index in [1.807, 2.05) is 6.92 Å². The van der Waals surface area contributed by atoms with Gasteiger partial charge in [-0.25, -0.2) is 0 Å². The Kier molecular flexibility index (Phi) is 3.84. The fourth-order valence-electron chi connectivity index (χ4n) is 0.169. The van der Waals surface area contributed by atoms with Gasteiger partial charge >= 0.3 is 0 Å². The zero-order valence-electron chi connectivity index (χ0n) is 5.08. The van der Waals surface area contributed by atoms with E-state index in [-0.39, 0.29) is 5.41 Å². The molecule has 8 heavy (non-hydrogen) atoms. The summed E-state index contributed by atoms with van der Waals surface area (Å²) in [7, 11) is 0. The van der Waals surface area contributed by atoms with Crippen LogP contribution in [0.15, 0.2) is 0 Å². The third-order valence-corrected chi connectivity index (χ3v) is 2.54. The average Bonchev–Trinajstić information content (AvgIpc) is 1.87. The van der Waals surface area contributed by atoms with E-state index in [0.29, 0.717) is 11.8 Å². The molecular weight excluding hydrogens is 143 g/mol. The van der Waals surface area contributed by atoms with Gasteiger partial charge in [0, 0.05) is 11.8 Å². The third kappa shape index (κ3) is 2.23. The van der Waals surface area contributed by atoms with Crippen LogP contribution in [0.25, 0.3) is 0 Å². The molecule has 1 radical (unpaired) electrons. The highest BCUT2D eigenvalue weighted by Gasteiger charge is 2.18. The van der Waals surface area contributed by atoms with E-state index < -0.39 is 0 Å². The molecule has 0 fully saturated rings. The summed E-state index contributed by atoms with van der Waals surface area (Å²) in [5.41, 5.74) is 0.0448. The Balaban J connectivity index is 3.58. The van der Waals surface area contributed by atoms with Crippen molar-refractivity contribution in [2.75, 3.05) is 11.8 Å². The molecule has 0 bridgehead atoms. The van der Waals surface area contributed by atoms with Crippen LogP contribution in [0.4, 0.5) is 0 Å². The second kappa shape index (κ2) is 3.58. The van der Waals surface area contributed by atoms with E-state index >= 15 is 0 Å². The molecule has 0 spiro atoms. The summed E-state index contributed by atoms with van der Waals surface area (Å²) in [5.74, 6) is 1.19. The van der Waals surface area contributed by atoms with Gasteiger partial charge in [0.05, 0.1) is 0 Å². The number of rotatable bonds is 3. The molecule has 0 aliphatic carbocycles. The second-order valence-corrected chi connectivity index (χ2v) is 2.86. The number of halogens is 2. The van der Waals surface area contributed by atoms with Crippen molar-refractivity contribution in [3.05, 3.63) is 6.92 Å². The molecule has 0 saturated heterocycles. The van der Waals surface area contributed by atoms with Crippen molar-refractivity contribution in [1.29, 1.82) is 0 Å². The zero-order valence-corrected chi connectivity index (χ0v) is 6.60. The fourth-order valence-corrected chi connectivity index (χ4v) is 0.722. The summed E-state index contributed by atoms with van der Waals surface area (Å²) in [6, 6.07) is 0. The maximum absolute atomic E-state index is 5.58. The SMILES string of the molecule is [CH2]CC(C)(CCl)CCl. The first-order chi connectivity index (χ1) is 3.68. The van der Waals surface area contributed by atoms with Crippen LogP contribution in [-0.4, -0.2) is 11.8 Å². The molecular formula is C6H11Cl2. The van der Waals surface area contributed by atoms with Gasteiger partial charge in [-0.2, -0.15) is 0 Å². The van der Waals surface area contributed by atoms with E-state index in [4.69, 9.17) is 23.2 Å². The topological polar surface area (TPSA) is 0 Å². The Labute approximate surface area is 61.2 Å². The van der Waals surface area contributed by atoms with Crippen LogP contribution >= 0.6 is 23.2 Å². The molecule has 0 rings (SSSR count). The average molecular weight is 154 g/mol. The van der Waals surface area contributed by atoms with Gasteiger partial charge in [-0.15, -0.1) is 23.2 Å². The minimum absolute atomic E-state index is 0.0448. The van der Waals surface area contributed by atoms with Crippen LogP contribution in [-0.2, 0) is 0 Å². The molecule has 0 amide bonds. The van der Waals surface area contributed by atoms with E-state index in [2.05, 4.69) is 6.92 Å². The highest BCUT2D eigenvalue weighted by atomic mass is 35.5. The van der Waals surface area contributed by atoms with Gasteiger partial charge in [0.1, 0.15) is 0 Å². The minimum Gasteiger partial charge on any atom is -0.126 e. The molecule has 2 heteroatoms. The van der Waals surface area contributed by atoms with Crippen molar-refractivity contribution in [3.63, 3.8) is 0 Å². The molecule has 0 aliphatic rings. The van der Waals surface area contributed by atoms with Crippen LogP contribution in [0.2, 0.25) is 0 Å². The molecule has 0 unspecified atom stereocenters. The molecule has 0 heterocycles. The summed E-state index contributed by atoms with van der Waals surface area (Å²) < 4.78 is 0. The predicted octanol–water partition coefficient (Wildman–Crippen LogP) is 2.69. The lowest BCUT2D eigenvalue weighted by Crippen LogP contribution is -2.18. The maximum Gasteiger partial charge on any atom is 0.0288 e. The van der Waals surface area contributed by atoms with E-state index in [1.54, 1.807) is 0 Å². The maximum atomic E-state index is 5.58. The van der Waals surface area contributed by atoms with Gasteiger partial charge in [-0.05, 0) is 11.8 Å². The summed E-state index contributed by atoms with van der Waals surface area (Å²) in [6.07, 6.45) is 0.806. The van der Waals surface area contributed by atoms with Gasteiger partial charge in [-0.3, -0.25) is 0 Å². The Bertz CT molecular complexity index is 49.3. The van der Waals surface area contributed by atoms with E-state index in [1.165, 1.54) is 0 Å². The number of hydrogen-bond acceptors (Lipinski definition) is 0. The monoisotopic (exact) mass is 153 g/mol. The van der Waals surface area contributed by atoms with Gasteiger partial charge in [-0.1, -0.05) is 13.8 Å². The van der Waals surface area contributed by atoms with Gasteiger partial charge in [0.25, 0.3) is 0 Å². The quantitative estimate of drug-likeness (QED) is 0.548. The molecule has 49 valence electrons. The summed E-state index contributed by atoms with van der Waals surface area (Å²) >= 11 is 11.2. The van der Waals surface area contributed by atoms with E-state index in [9.17, 15) is 0 Å². The van der Waals surface area contributed by atoms with Gasteiger partial charge in [0.15, 0.2) is 0 Å². The Morgan fingerprint density at radius 2 is 1.75 bits per heavy atom. The minimum atomic E-state index is 0.0448. The van der Waals surface area contributed by atoms with Crippen LogP contribution < -0.4 is 0 Å². The van der Waals surface area contributed by atoms with Crippen LogP contribution in [0.3, 0.4) is 0 Å². The van der Waals surface area contributed by atoms with Gasteiger partial charge in [0.2, 0.25) is 0 Å². The molecule has 0 nitrogen and oxygen atoms in total. The fraction of sp³-hybridized carbons (Fsp3) is 0.833. The van der Waals surface area contributed by atoms with Crippen LogP contribution in [0, 0.1) is 12.3 Å². The second-order valence-electron chi connectivity index (χ2n) is 2.33. The van der Waals surface area contributed by atoms with Crippen molar-refractivity contribution >= 4 is 23.2 Å². The number of hydrogen-bond donors (Lipinski definition) is 0. The standard InChI is InChI=1S/C6H11Cl2/c1-3-6(2,4-7)5-8/h1,3-5H2,2H3. The molecule has 0 aromatic rings. The highest BCUT2D eigenvalue weighted by Crippen LogP contribution is 2.23. The third-order valence-electron chi connectivity index (χ3n) is 1.25. The molecule has 0 N–H and O–H groups in total. The first-order valence-corrected chi connectivity index (χ1v) is 3.66. The molecule has 0 aromatic carbocycles. The highest BCUT2D eigenvalue weighted by molar-refractivity contribution is 6.21. The first kappa shape index (κ1) is 8.58. The summed E-state index contributed by atoms with van der Waals surface area (Å²) in [4.78, 5) is 0.